The molecule has 0 heterocycles. The molecule has 0 aliphatic rings. The van der Waals surface area contributed by atoms with Gasteiger partial charge in [0.15, 0.2) is 5.78 Å². The van der Waals surface area contributed by atoms with E-state index < -0.39 is 23.3 Å². The van der Waals surface area contributed by atoms with Gasteiger partial charge in [-0.15, -0.1) is 0 Å². The van der Waals surface area contributed by atoms with Crippen molar-refractivity contribution in [2.75, 3.05) is 0 Å². The van der Waals surface area contributed by atoms with E-state index in [1.165, 1.54) is 24.3 Å². The number of Topliss-reactive ketones (excluding diaryl/α,β-unsaturated/α-hetero) is 1. The van der Waals surface area contributed by atoms with Crippen molar-refractivity contribution in [3.8, 4) is 0 Å². The molecule has 2 aromatic rings. The van der Waals surface area contributed by atoms with Crippen LogP contribution in [0.5, 0.6) is 0 Å². The van der Waals surface area contributed by atoms with Crippen LogP contribution >= 0.6 is 11.6 Å². The lowest BCUT2D eigenvalue weighted by molar-refractivity contribution is -0.137. The van der Waals surface area contributed by atoms with Gasteiger partial charge in [-0.2, -0.15) is 13.2 Å². The third-order valence-corrected chi connectivity index (χ3v) is 3.20. The Balaban J connectivity index is 2.21. The van der Waals surface area contributed by atoms with Crippen LogP contribution in [0.25, 0.3) is 0 Å². The van der Waals surface area contributed by atoms with Crippen LogP contribution in [0.15, 0.2) is 42.5 Å². The Bertz CT molecular complexity index is 642. The predicted molar refractivity (Wildman–Crippen MR) is 70.9 cm³/mol. The van der Waals surface area contributed by atoms with Crippen LogP contribution in [-0.2, 0) is 12.6 Å². The number of alkyl halides is 3. The third kappa shape index (κ3) is 3.61. The van der Waals surface area contributed by atoms with Crippen LogP contribution in [0.4, 0.5) is 17.6 Å². The summed E-state index contributed by atoms with van der Waals surface area (Å²) in [5, 5.41) is -0.0214. The van der Waals surface area contributed by atoms with Gasteiger partial charge in [-0.25, -0.2) is 4.39 Å². The average Bonchev–Trinajstić information content (AvgIpc) is 2.38. The van der Waals surface area contributed by atoms with Gasteiger partial charge in [0.05, 0.1) is 16.1 Å². The highest BCUT2D eigenvalue weighted by Crippen LogP contribution is 2.29. The summed E-state index contributed by atoms with van der Waals surface area (Å²) in [5.41, 5.74) is -0.700. The van der Waals surface area contributed by atoms with E-state index in [1.807, 2.05) is 0 Å². The van der Waals surface area contributed by atoms with E-state index in [0.717, 1.165) is 18.2 Å². The van der Waals surface area contributed by atoms with Gasteiger partial charge in [-0.05, 0) is 29.8 Å². The second kappa shape index (κ2) is 5.85. The number of ketones is 1. The van der Waals surface area contributed by atoms with Gasteiger partial charge in [0.1, 0.15) is 5.82 Å². The zero-order valence-electron chi connectivity index (χ0n) is 10.5. The minimum Gasteiger partial charge on any atom is -0.294 e. The standard InChI is InChI=1S/C15H9ClF4O/c16-11-2-1-3-12(17)14(11)13(21)8-9-4-6-10(7-5-9)15(18,19)20/h1-7H,8H2. The highest BCUT2D eigenvalue weighted by molar-refractivity contribution is 6.34. The zero-order chi connectivity index (χ0) is 15.6. The quantitative estimate of drug-likeness (QED) is 0.580. The van der Waals surface area contributed by atoms with Crippen molar-refractivity contribution in [1.29, 1.82) is 0 Å². The summed E-state index contributed by atoms with van der Waals surface area (Å²) in [6, 6.07) is 7.99. The smallest absolute Gasteiger partial charge is 0.294 e. The monoisotopic (exact) mass is 316 g/mol. The molecular weight excluding hydrogens is 308 g/mol. The van der Waals surface area contributed by atoms with Crippen LogP contribution in [0.2, 0.25) is 5.02 Å². The Morgan fingerprint density at radius 3 is 2.19 bits per heavy atom. The minimum atomic E-state index is -4.43. The molecule has 0 bridgehead atoms. The Hall–Kier alpha value is -1.88. The van der Waals surface area contributed by atoms with Crippen molar-refractivity contribution in [3.05, 3.63) is 70.0 Å². The summed E-state index contributed by atoms with van der Waals surface area (Å²) in [5.74, 6) is -1.34. The molecule has 110 valence electrons. The predicted octanol–water partition coefficient (Wildman–Crippen LogP) is 4.92. The van der Waals surface area contributed by atoms with Crippen molar-refractivity contribution in [2.45, 2.75) is 12.6 Å². The van der Waals surface area contributed by atoms with Crippen LogP contribution < -0.4 is 0 Å². The van der Waals surface area contributed by atoms with Gasteiger partial charge in [-0.3, -0.25) is 4.79 Å². The van der Waals surface area contributed by atoms with E-state index in [4.69, 9.17) is 11.6 Å². The van der Waals surface area contributed by atoms with E-state index in [2.05, 4.69) is 0 Å². The first kappa shape index (κ1) is 15.5. The van der Waals surface area contributed by atoms with Gasteiger partial charge in [-0.1, -0.05) is 29.8 Å². The molecule has 0 N–H and O–H groups in total. The van der Waals surface area contributed by atoms with Gasteiger partial charge >= 0.3 is 6.18 Å². The maximum absolute atomic E-state index is 13.6. The third-order valence-electron chi connectivity index (χ3n) is 2.89. The number of hydrogen-bond acceptors (Lipinski definition) is 1. The lowest BCUT2D eigenvalue weighted by Crippen LogP contribution is -2.08. The largest absolute Gasteiger partial charge is 0.416 e. The molecule has 0 aliphatic heterocycles. The maximum atomic E-state index is 13.6. The van der Waals surface area contributed by atoms with Crippen molar-refractivity contribution in [1.82, 2.24) is 0 Å². The Kier molecular flexibility index (Phi) is 4.32. The molecule has 0 aliphatic carbocycles. The highest BCUT2D eigenvalue weighted by atomic mass is 35.5. The summed E-state index contributed by atoms with van der Waals surface area (Å²) < 4.78 is 50.8. The van der Waals surface area contributed by atoms with E-state index in [0.29, 0.717) is 5.56 Å². The Morgan fingerprint density at radius 1 is 1.05 bits per heavy atom. The van der Waals surface area contributed by atoms with E-state index >= 15 is 0 Å². The fraction of sp³-hybridized carbons (Fsp3) is 0.133. The van der Waals surface area contributed by atoms with Crippen LogP contribution in [0, 0.1) is 5.82 Å². The Labute approximate surface area is 123 Å². The number of benzene rings is 2. The molecule has 0 unspecified atom stereocenters. The zero-order valence-corrected chi connectivity index (χ0v) is 11.3. The fourth-order valence-corrected chi connectivity index (χ4v) is 2.12. The fourth-order valence-electron chi connectivity index (χ4n) is 1.85. The summed E-state index contributed by atoms with van der Waals surface area (Å²) in [6.45, 7) is 0. The lowest BCUT2D eigenvalue weighted by atomic mass is 10.0. The molecule has 0 fully saturated rings. The van der Waals surface area contributed by atoms with Gasteiger partial charge in [0, 0.05) is 6.42 Å². The molecular formula is C15H9ClF4O. The highest BCUT2D eigenvalue weighted by Gasteiger charge is 2.30. The molecule has 21 heavy (non-hydrogen) atoms. The van der Waals surface area contributed by atoms with E-state index in [-0.39, 0.29) is 17.0 Å². The van der Waals surface area contributed by atoms with E-state index in [9.17, 15) is 22.4 Å². The van der Waals surface area contributed by atoms with Crippen molar-refractivity contribution in [3.63, 3.8) is 0 Å². The average molecular weight is 317 g/mol. The topological polar surface area (TPSA) is 17.1 Å². The second-order valence-electron chi connectivity index (χ2n) is 4.39. The molecule has 0 atom stereocenters. The van der Waals surface area contributed by atoms with Gasteiger partial charge in [0.2, 0.25) is 0 Å². The summed E-state index contributed by atoms with van der Waals surface area (Å²) in [4.78, 5) is 12.0. The van der Waals surface area contributed by atoms with Crippen LogP contribution in [0.3, 0.4) is 0 Å². The molecule has 0 saturated carbocycles. The molecule has 2 aromatic carbocycles. The number of carbonyl (C=O) groups excluding carboxylic acids is 1. The number of hydrogen-bond donors (Lipinski definition) is 0. The summed E-state index contributed by atoms with van der Waals surface area (Å²) in [7, 11) is 0. The van der Waals surface area contributed by atoms with Crippen molar-refractivity contribution in [2.24, 2.45) is 0 Å². The second-order valence-corrected chi connectivity index (χ2v) is 4.80. The Morgan fingerprint density at radius 2 is 1.67 bits per heavy atom. The normalized spacial score (nSPS) is 11.5. The van der Waals surface area contributed by atoms with Gasteiger partial charge < -0.3 is 0 Å². The first-order chi connectivity index (χ1) is 9.79. The number of rotatable bonds is 3. The van der Waals surface area contributed by atoms with Crippen molar-refractivity contribution >= 4 is 17.4 Å². The molecule has 6 heteroatoms. The lowest BCUT2D eigenvalue weighted by Gasteiger charge is -2.08. The van der Waals surface area contributed by atoms with Crippen LogP contribution in [-0.4, -0.2) is 5.78 Å². The van der Waals surface area contributed by atoms with Crippen LogP contribution in [0.1, 0.15) is 21.5 Å². The maximum Gasteiger partial charge on any atom is 0.416 e. The van der Waals surface area contributed by atoms with Crippen molar-refractivity contribution < 1.29 is 22.4 Å². The molecule has 1 nitrogen and oxygen atoms in total. The summed E-state index contributed by atoms with van der Waals surface area (Å²) in [6.07, 6.45) is -4.66. The molecule has 0 amide bonds. The minimum absolute atomic E-state index is 0.0214. The molecule has 2 rings (SSSR count). The SMILES string of the molecule is O=C(Cc1ccc(C(F)(F)F)cc1)c1c(F)cccc1Cl. The first-order valence-electron chi connectivity index (χ1n) is 5.92. The molecule has 0 radical (unpaired) electrons. The molecule has 0 saturated heterocycles. The first-order valence-corrected chi connectivity index (χ1v) is 6.30. The number of carbonyl (C=O) groups is 1. The number of halogens is 5. The van der Waals surface area contributed by atoms with Gasteiger partial charge in [0.25, 0.3) is 0 Å². The summed E-state index contributed by atoms with van der Waals surface area (Å²) >= 11 is 5.77. The molecule has 0 spiro atoms. The molecule has 0 aromatic heterocycles. The van der Waals surface area contributed by atoms with E-state index in [1.54, 1.807) is 0 Å².